The molecule has 2 heterocycles. The third kappa shape index (κ3) is 6.78. The van der Waals surface area contributed by atoms with Crippen molar-refractivity contribution in [2.45, 2.75) is 77.7 Å². The van der Waals surface area contributed by atoms with Crippen LogP contribution >= 0.6 is 22.6 Å². The molecule has 27 heavy (non-hydrogen) atoms. The van der Waals surface area contributed by atoms with Gasteiger partial charge in [0.2, 0.25) is 0 Å². The molecular formula is C18H29IN6O2. The van der Waals surface area contributed by atoms with Gasteiger partial charge in [0.1, 0.15) is 15.1 Å². The van der Waals surface area contributed by atoms with Crippen LogP contribution in [0.5, 0.6) is 0 Å². The maximum absolute atomic E-state index is 9.35. The summed E-state index contributed by atoms with van der Waals surface area (Å²) in [6.45, 7) is 9.40. The van der Waals surface area contributed by atoms with E-state index in [2.05, 4.69) is 60.1 Å². The molecule has 0 aliphatic heterocycles. The van der Waals surface area contributed by atoms with Gasteiger partial charge in [-0.2, -0.15) is 10.2 Å². The molecule has 2 aliphatic rings. The zero-order chi connectivity index (χ0) is 20.2. The maximum atomic E-state index is 9.35. The fourth-order valence-electron chi connectivity index (χ4n) is 2.71. The minimum Gasteiger partial charge on any atom is -0.382 e. The Labute approximate surface area is 173 Å². The van der Waals surface area contributed by atoms with E-state index in [0.717, 1.165) is 15.3 Å². The number of nitrogens with one attached hydrogen (secondary N) is 2. The maximum Gasteiger partial charge on any atom is 0.155 e. The van der Waals surface area contributed by atoms with E-state index < -0.39 is 5.60 Å². The van der Waals surface area contributed by atoms with Gasteiger partial charge in [0, 0.05) is 22.5 Å². The van der Waals surface area contributed by atoms with Crippen molar-refractivity contribution in [1.29, 1.82) is 0 Å². The van der Waals surface area contributed by atoms with Crippen LogP contribution in [0, 0.1) is 22.5 Å². The molecule has 2 fully saturated rings. The average Bonchev–Trinajstić information content (AvgIpc) is 3.48. The Morgan fingerprint density at radius 2 is 1.52 bits per heavy atom. The molecule has 2 saturated carbocycles. The van der Waals surface area contributed by atoms with Gasteiger partial charge in [-0.15, -0.1) is 4.91 Å². The van der Waals surface area contributed by atoms with Crippen LogP contribution in [-0.4, -0.2) is 26.0 Å². The lowest BCUT2D eigenvalue weighted by Crippen LogP contribution is -2.14. The summed E-state index contributed by atoms with van der Waals surface area (Å²) >= 11 is 2.29. The zero-order valence-corrected chi connectivity index (χ0v) is 18.8. The second kappa shape index (κ2) is 9.03. The minimum atomic E-state index is -0.429. The standard InChI is InChI=1S/C7H9IN2.C7H11N3.C4H9NO2/c2*1-4-6(5-2-3-5)7(8)10-9-4;1-4(2,3)7-5-6/h5H,2-3H2,1H3,(H,9,10);5H,2-3H2,1H3,(H3,8,9,10);1-3H3. The lowest BCUT2D eigenvalue weighted by Gasteiger charge is -2.11. The number of hydrogen-bond acceptors (Lipinski definition) is 6. The first-order chi connectivity index (χ1) is 12.6. The molecule has 2 aliphatic carbocycles. The fraction of sp³-hybridized carbons (Fsp3) is 0.667. The van der Waals surface area contributed by atoms with E-state index in [1.165, 1.54) is 42.5 Å². The summed E-state index contributed by atoms with van der Waals surface area (Å²) in [5.74, 6) is 2.23. The number of aromatic amines is 2. The highest BCUT2D eigenvalue weighted by molar-refractivity contribution is 14.1. The molecule has 0 radical (unpaired) electrons. The van der Waals surface area contributed by atoms with E-state index in [1.54, 1.807) is 20.8 Å². The van der Waals surface area contributed by atoms with Crippen LogP contribution in [0.2, 0.25) is 0 Å². The molecule has 0 bridgehead atoms. The number of anilines is 1. The van der Waals surface area contributed by atoms with Gasteiger partial charge in [-0.25, -0.2) is 0 Å². The number of hydrogen-bond donors (Lipinski definition) is 3. The molecule has 0 amide bonds. The second-order valence-corrected chi connectivity index (χ2v) is 9.05. The average molecular weight is 488 g/mol. The first-order valence-electron chi connectivity index (χ1n) is 9.15. The highest BCUT2D eigenvalue weighted by Gasteiger charge is 2.29. The van der Waals surface area contributed by atoms with Crippen LogP contribution in [0.1, 0.15) is 80.8 Å². The molecular weight excluding hydrogens is 459 g/mol. The van der Waals surface area contributed by atoms with Crippen molar-refractivity contribution >= 4 is 28.4 Å². The van der Waals surface area contributed by atoms with Gasteiger partial charge >= 0.3 is 0 Å². The number of rotatable bonds is 3. The lowest BCUT2D eigenvalue weighted by atomic mass is 10.1. The summed E-state index contributed by atoms with van der Waals surface area (Å²) in [4.78, 5) is 13.6. The summed E-state index contributed by atoms with van der Waals surface area (Å²) < 4.78 is 1.16. The molecule has 2 aromatic rings. The van der Waals surface area contributed by atoms with Gasteiger partial charge in [-0.1, -0.05) is 0 Å². The van der Waals surface area contributed by atoms with Gasteiger partial charge in [-0.05, 0) is 94.7 Å². The highest BCUT2D eigenvalue weighted by atomic mass is 127. The summed E-state index contributed by atoms with van der Waals surface area (Å²) in [6.07, 6.45) is 5.28. The third-order valence-electron chi connectivity index (χ3n) is 4.25. The van der Waals surface area contributed by atoms with Gasteiger partial charge < -0.3 is 10.6 Å². The zero-order valence-electron chi connectivity index (χ0n) is 16.6. The van der Waals surface area contributed by atoms with Crippen molar-refractivity contribution in [3.63, 3.8) is 0 Å². The quantitative estimate of drug-likeness (QED) is 0.324. The Kier molecular flexibility index (Phi) is 7.24. The molecule has 4 N–H and O–H groups in total. The van der Waals surface area contributed by atoms with Crippen LogP contribution in [0.25, 0.3) is 0 Å². The molecule has 0 atom stereocenters. The Morgan fingerprint density at radius 3 is 1.81 bits per heavy atom. The second-order valence-electron chi connectivity index (χ2n) is 8.03. The van der Waals surface area contributed by atoms with E-state index in [4.69, 9.17) is 5.73 Å². The summed E-state index contributed by atoms with van der Waals surface area (Å²) in [6, 6.07) is 0. The SMILES string of the molecule is CC(C)(C)ON=O.Cc1[nH]nc(I)c1C1CC1.Cc1[nH]nc(N)c1C1CC1. The molecule has 0 aromatic carbocycles. The van der Waals surface area contributed by atoms with Crippen LogP contribution in [-0.2, 0) is 4.84 Å². The van der Waals surface area contributed by atoms with Crippen LogP contribution < -0.4 is 5.73 Å². The van der Waals surface area contributed by atoms with Crippen molar-refractivity contribution < 1.29 is 4.84 Å². The smallest absolute Gasteiger partial charge is 0.155 e. The van der Waals surface area contributed by atoms with Gasteiger partial charge in [-0.3, -0.25) is 10.2 Å². The predicted molar refractivity (Wildman–Crippen MR) is 114 cm³/mol. The Bertz CT molecular complexity index is 663. The van der Waals surface area contributed by atoms with Crippen LogP contribution in [0.4, 0.5) is 5.82 Å². The number of aromatic nitrogens is 4. The largest absolute Gasteiger partial charge is 0.382 e. The summed E-state index contributed by atoms with van der Waals surface area (Å²) in [5, 5.41) is 16.2. The van der Waals surface area contributed by atoms with E-state index in [-0.39, 0.29) is 0 Å². The molecule has 150 valence electrons. The molecule has 0 saturated heterocycles. The summed E-state index contributed by atoms with van der Waals surface area (Å²) in [5.41, 5.74) is 10.3. The normalized spacial score (nSPS) is 15.9. The Hall–Kier alpha value is -1.65. The topological polar surface area (TPSA) is 122 Å². The molecule has 9 heteroatoms. The molecule has 0 spiro atoms. The monoisotopic (exact) mass is 488 g/mol. The molecule has 4 rings (SSSR count). The van der Waals surface area contributed by atoms with Crippen LogP contribution in [0.3, 0.4) is 0 Å². The molecule has 0 unspecified atom stereocenters. The molecule has 8 nitrogen and oxygen atoms in total. The Morgan fingerprint density at radius 1 is 1.04 bits per heavy atom. The number of H-pyrrole nitrogens is 2. The van der Waals surface area contributed by atoms with E-state index in [1.807, 2.05) is 6.92 Å². The van der Waals surface area contributed by atoms with Crippen LogP contribution in [0.15, 0.2) is 5.34 Å². The lowest BCUT2D eigenvalue weighted by molar-refractivity contribution is -0.00229. The van der Waals surface area contributed by atoms with Gasteiger partial charge in [0.25, 0.3) is 0 Å². The van der Waals surface area contributed by atoms with Crippen molar-refractivity contribution in [1.82, 2.24) is 20.4 Å². The first kappa shape index (κ1) is 21.6. The number of nitrogen functional groups attached to an aromatic ring is 1. The fourth-order valence-corrected chi connectivity index (χ4v) is 3.68. The van der Waals surface area contributed by atoms with Gasteiger partial charge in [0.15, 0.2) is 5.34 Å². The third-order valence-corrected chi connectivity index (χ3v) is 5.08. The minimum absolute atomic E-state index is 0.429. The van der Waals surface area contributed by atoms with Crippen molar-refractivity contribution in [2.24, 2.45) is 5.34 Å². The van der Waals surface area contributed by atoms with E-state index >= 15 is 0 Å². The van der Waals surface area contributed by atoms with Crippen molar-refractivity contribution in [3.8, 4) is 0 Å². The summed E-state index contributed by atoms with van der Waals surface area (Å²) in [7, 11) is 0. The molecule has 2 aromatic heterocycles. The number of halogens is 1. The number of aryl methyl sites for hydroxylation is 2. The van der Waals surface area contributed by atoms with E-state index in [9.17, 15) is 4.91 Å². The van der Waals surface area contributed by atoms with Crippen molar-refractivity contribution in [2.75, 3.05) is 5.73 Å². The van der Waals surface area contributed by atoms with Crippen molar-refractivity contribution in [3.05, 3.63) is 31.1 Å². The Balaban J connectivity index is 0.000000149. The highest BCUT2D eigenvalue weighted by Crippen LogP contribution is 2.43. The number of nitrogens with two attached hydrogens (primary N) is 1. The first-order valence-corrected chi connectivity index (χ1v) is 10.2. The number of nitrogens with zero attached hydrogens (tertiary/aromatic N) is 3. The van der Waals surface area contributed by atoms with E-state index in [0.29, 0.717) is 11.7 Å². The van der Waals surface area contributed by atoms with Gasteiger partial charge in [0.05, 0.1) is 0 Å². The predicted octanol–water partition coefficient (Wildman–Crippen LogP) is 4.86.